The number of ether oxygens (including phenoxy) is 3. The van der Waals surface area contributed by atoms with Crippen molar-refractivity contribution in [2.45, 2.75) is 31.4 Å². The lowest BCUT2D eigenvalue weighted by Crippen LogP contribution is -2.42. The van der Waals surface area contributed by atoms with E-state index in [1.807, 2.05) is 18.2 Å². The quantitative estimate of drug-likeness (QED) is 0.721. The number of methoxy groups -OCH3 is 2. The molecular formula is C22H26N4O4. The molecule has 158 valence electrons. The lowest BCUT2D eigenvalue weighted by molar-refractivity contribution is -0.132. The fourth-order valence-electron chi connectivity index (χ4n) is 4.25. The highest BCUT2D eigenvalue weighted by atomic mass is 16.5. The molecule has 0 radical (unpaired) electrons. The van der Waals surface area contributed by atoms with Crippen molar-refractivity contribution in [3.05, 3.63) is 24.4 Å². The second kappa shape index (κ2) is 8.76. The van der Waals surface area contributed by atoms with Crippen LogP contribution in [0.25, 0.3) is 10.9 Å². The summed E-state index contributed by atoms with van der Waals surface area (Å²) in [5, 5.41) is 10.1. The van der Waals surface area contributed by atoms with Gasteiger partial charge in [0.15, 0.2) is 11.5 Å². The van der Waals surface area contributed by atoms with Gasteiger partial charge in [0.2, 0.25) is 5.91 Å². The van der Waals surface area contributed by atoms with E-state index in [0.717, 1.165) is 42.5 Å². The number of pyridine rings is 1. The van der Waals surface area contributed by atoms with E-state index in [-0.39, 0.29) is 18.1 Å². The van der Waals surface area contributed by atoms with Gasteiger partial charge in [0, 0.05) is 37.3 Å². The molecule has 2 atom stereocenters. The third kappa shape index (κ3) is 3.98. The topological polar surface area (TPSA) is 87.9 Å². The summed E-state index contributed by atoms with van der Waals surface area (Å²) in [4.78, 5) is 20.8. The number of nitriles is 1. The number of rotatable bonds is 6. The van der Waals surface area contributed by atoms with E-state index in [4.69, 9.17) is 14.2 Å². The maximum absolute atomic E-state index is 12.6. The number of amides is 1. The molecule has 4 rings (SSSR count). The van der Waals surface area contributed by atoms with Gasteiger partial charge in [-0.05, 0) is 31.4 Å². The molecule has 1 amide bonds. The van der Waals surface area contributed by atoms with Crippen LogP contribution in [0.2, 0.25) is 0 Å². The van der Waals surface area contributed by atoms with Crippen LogP contribution in [0.1, 0.15) is 19.3 Å². The monoisotopic (exact) mass is 410 g/mol. The molecule has 0 aliphatic carbocycles. The fourth-order valence-corrected chi connectivity index (χ4v) is 4.25. The number of hydrogen-bond donors (Lipinski definition) is 0. The van der Waals surface area contributed by atoms with Gasteiger partial charge in [0.25, 0.3) is 0 Å². The molecule has 3 heterocycles. The Hall–Kier alpha value is -3.05. The van der Waals surface area contributed by atoms with Gasteiger partial charge >= 0.3 is 0 Å². The SMILES string of the molecule is COc1cc2nccc(OC3CCN(CC(=O)N4CCCC4C#N)C3)c2cc1OC. The lowest BCUT2D eigenvalue weighted by atomic mass is 10.1. The minimum Gasteiger partial charge on any atom is -0.493 e. The molecule has 2 fully saturated rings. The predicted molar refractivity (Wildman–Crippen MR) is 111 cm³/mol. The van der Waals surface area contributed by atoms with Crippen LogP contribution in [0.3, 0.4) is 0 Å². The van der Waals surface area contributed by atoms with Gasteiger partial charge in [-0.25, -0.2) is 0 Å². The number of nitrogens with zero attached hydrogens (tertiary/aromatic N) is 4. The first kappa shape index (κ1) is 20.2. The Kier molecular flexibility index (Phi) is 5.91. The molecule has 2 saturated heterocycles. The van der Waals surface area contributed by atoms with Crippen molar-refractivity contribution < 1.29 is 19.0 Å². The molecule has 0 spiro atoms. The Morgan fingerprint density at radius 2 is 2.00 bits per heavy atom. The van der Waals surface area contributed by atoms with Gasteiger partial charge in [-0.3, -0.25) is 14.7 Å². The second-order valence-corrected chi connectivity index (χ2v) is 7.67. The summed E-state index contributed by atoms with van der Waals surface area (Å²) in [5.41, 5.74) is 0.770. The van der Waals surface area contributed by atoms with Gasteiger partial charge in [0.05, 0.1) is 32.4 Å². The van der Waals surface area contributed by atoms with Crippen LogP contribution < -0.4 is 14.2 Å². The zero-order valence-corrected chi connectivity index (χ0v) is 17.3. The maximum Gasteiger partial charge on any atom is 0.237 e. The third-order valence-electron chi connectivity index (χ3n) is 5.81. The molecule has 8 heteroatoms. The van der Waals surface area contributed by atoms with E-state index >= 15 is 0 Å². The van der Waals surface area contributed by atoms with Crippen LogP contribution in [-0.2, 0) is 4.79 Å². The van der Waals surface area contributed by atoms with Crippen LogP contribution in [0.5, 0.6) is 17.2 Å². The predicted octanol–water partition coefficient (Wildman–Crippen LogP) is 2.22. The molecule has 30 heavy (non-hydrogen) atoms. The smallest absolute Gasteiger partial charge is 0.237 e. The molecule has 0 bridgehead atoms. The van der Waals surface area contributed by atoms with Crippen LogP contribution in [0.15, 0.2) is 24.4 Å². The zero-order chi connectivity index (χ0) is 21.1. The first-order chi connectivity index (χ1) is 14.6. The van der Waals surface area contributed by atoms with Crippen molar-refractivity contribution in [2.24, 2.45) is 0 Å². The number of likely N-dealkylation sites (tertiary alicyclic amines) is 2. The van der Waals surface area contributed by atoms with Crippen LogP contribution >= 0.6 is 0 Å². The molecule has 1 aromatic heterocycles. The minimum atomic E-state index is -0.276. The summed E-state index contributed by atoms with van der Waals surface area (Å²) in [6, 6.07) is 7.52. The van der Waals surface area contributed by atoms with Crippen molar-refractivity contribution >= 4 is 16.8 Å². The highest BCUT2D eigenvalue weighted by molar-refractivity contribution is 5.88. The number of carbonyl (C=O) groups excluding carboxylic acids is 1. The number of benzene rings is 1. The first-order valence-corrected chi connectivity index (χ1v) is 10.2. The number of hydrogen-bond acceptors (Lipinski definition) is 7. The van der Waals surface area contributed by atoms with Crippen molar-refractivity contribution in [2.75, 3.05) is 40.4 Å². The number of fused-ring (bicyclic) bond motifs is 1. The average molecular weight is 410 g/mol. The zero-order valence-electron chi connectivity index (χ0n) is 17.3. The summed E-state index contributed by atoms with van der Waals surface area (Å²) in [7, 11) is 3.20. The summed E-state index contributed by atoms with van der Waals surface area (Å²) in [6.07, 6.45) is 4.22. The van der Waals surface area contributed by atoms with Crippen molar-refractivity contribution in [3.8, 4) is 23.3 Å². The standard InChI is InChI=1S/C22H26N4O4/c1-28-20-10-17-18(11-21(20)29-2)24-7-5-19(17)30-16-6-9-25(13-16)14-22(27)26-8-3-4-15(26)12-23/h5,7,10-11,15-16H,3-4,6,8-9,13-14H2,1-2H3. The molecule has 8 nitrogen and oxygen atoms in total. The van der Waals surface area contributed by atoms with Crippen molar-refractivity contribution in [1.82, 2.24) is 14.8 Å². The minimum absolute atomic E-state index is 0.0122. The van der Waals surface area contributed by atoms with Gasteiger partial charge in [-0.2, -0.15) is 5.26 Å². The van der Waals surface area contributed by atoms with E-state index in [1.54, 1.807) is 25.3 Å². The Bertz CT molecular complexity index is 973. The summed E-state index contributed by atoms with van der Waals surface area (Å²) in [6.45, 7) is 2.48. The van der Waals surface area contributed by atoms with Gasteiger partial charge in [0.1, 0.15) is 17.9 Å². The van der Waals surface area contributed by atoms with Crippen molar-refractivity contribution in [1.29, 1.82) is 5.26 Å². The highest BCUT2D eigenvalue weighted by Gasteiger charge is 2.32. The van der Waals surface area contributed by atoms with Gasteiger partial charge in [-0.15, -0.1) is 0 Å². The maximum atomic E-state index is 12.6. The molecule has 2 aliphatic rings. The van der Waals surface area contributed by atoms with Crippen LogP contribution in [0, 0.1) is 11.3 Å². The molecule has 2 aromatic rings. The molecule has 1 aromatic carbocycles. The Morgan fingerprint density at radius 3 is 2.77 bits per heavy atom. The molecular weight excluding hydrogens is 384 g/mol. The first-order valence-electron chi connectivity index (χ1n) is 10.2. The number of aromatic nitrogens is 1. The average Bonchev–Trinajstić information content (AvgIpc) is 3.42. The number of carbonyl (C=O) groups is 1. The second-order valence-electron chi connectivity index (χ2n) is 7.67. The Morgan fingerprint density at radius 1 is 1.20 bits per heavy atom. The molecule has 2 unspecified atom stereocenters. The van der Waals surface area contributed by atoms with Gasteiger partial charge < -0.3 is 19.1 Å². The van der Waals surface area contributed by atoms with Crippen LogP contribution in [-0.4, -0.2) is 73.2 Å². The van der Waals surface area contributed by atoms with E-state index in [1.165, 1.54) is 0 Å². The van der Waals surface area contributed by atoms with E-state index in [0.29, 0.717) is 31.1 Å². The highest BCUT2D eigenvalue weighted by Crippen LogP contribution is 2.36. The summed E-state index contributed by atoms with van der Waals surface area (Å²) in [5.74, 6) is 2.02. The van der Waals surface area contributed by atoms with Gasteiger partial charge in [-0.1, -0.05) is 0 Å². The summed E-state index contributed by atoms with van der Waals surface area (Å²) >= 11 is 0. The molecule has 2 aliphatic heterocycles. The Balaban J connectivity index is 1.43. The Labute approximate surface area is 175 Å². The van der Waals surface area contributed by atoms with E-state index in [2.05, 4.69) is 16.0 Å². The van der Waals surface area contributed by atoms with E-state index in [9.17, 15) is 10.1 Å². The third-order valence-corrected chi connectivity index (χ3v) is 5.81. The molecule has 0 saturated carbocycles. The lowest BCUT2D eigenvalue weighted by Gasteiger charge is -2.23. The molecule has 0 N–H and O–H groups in total. The van der Waals surface area contributed by atoms with Crippen molar-refractivity contribution in [3.63, 3.8) is 0 Å². The normalized spacial score (nSPS) is 21.6. The fraction of sp³-hybridized carbons (Fsp3) is 0.500. The van der Waals surface area contributed by atoms with Crippen LogP contribution in [0.4, 0.5) is 0 Å². The summed E-state index contributed by atoms with van der Waals surface area (Å²) < 4.78 is 17.1. The largest absolute Gasteiger partial charge is 0.493 e. The van der Waals surface area contributed by atoms with E-state index < -0.39 is 0 Å².